The molecular weight excluding hydrogens is 238 g/mol. The molecule has 96 valence electrons. The largest absolute Gasteiger partial charge is 0.332 e. The second-order valence-electron chi connectivity index (χ2n) is 4.64. The van der Waals surface area contributed by atoms with Crippen LogP contribution in [-0.2, 0) is 10.0 Å². The number of aromatic nitrogens is 2. The van der Waals surface area contributed by atoms with Gasteiger partial charge in [-0.05, 0) is 32.1 Å². The van der Waals surface area contributed by atoms with Crippen LogP contribution in [0.4, 0.5) is 0 Å². The van der Waals surface area contributed by atoms with E-state index in [1.54, 1.807) is 11.2 Å². The summed E-state index contributed by atoms with van der Waals surface area (Å²) in [5, 5.41) is 0.212. The van der Waals surface area contributed by atoms with Gasteiger partial charge in [-0.3, -0.25) is 0 Å². The van der Waals surface area contributed by atoms with E-state index in [0.717, 1.165) is 19.3 Å². The zero-order valence-corrected chi connectivity index (χ0v) is 11.1. The van der Waals surface area contributed by atoms with Crippen molar-refractivity contribution in [3.8, 4) is 0 Å². The summed E-state index contributed by atoms with van der Waals surface area (Å²) in [4.78, 5) is 6.77. The van der Waals surface area contributed by atoms with Crippen LogP contribution in [0.15, 0.2) is 11.2 Å². The molecule has 1 saturated carbocycles. The average Bonchev–Trinajstić information content (AvgIpc) is 2.98. The molecule has 1 aliphatic carbocycles. The summed E-state index contributed by atoms with van der Waals surface area (Å²) in [5.41, 5.74) is 0. The van der Waals surface area contributed by atoms with Crippen LogP contribution in [0.25, 0.3) is 0 Å². The predicted octanol–water partition coefficient (Wildman–Crippen LogP) is 1.53. The van der Waals surface area contributed by atoms with Gasteiger partial charge in [-0.25, -0.2) is 13.4 Å². The molecule has 0 saturated heterocycles. The minimum absolute atomic E-state index is 0.212. The first kappa shape index (κ1) is 12.6. The molecular formula is C11H19N3O2S. The maximum atomic E-state index is 12.4. The van der Waals surface area contributed by atoms with Gasteiger partial charge in [0, 0.05) is 13.1 Å². The lowest BCUT2D eigenvalue weighted by atomic mass is 10.4. The predicted molar refractivity (Wildman–Crippen MR) is 65.1 cm³/mol. The van der Waals surface area contributed by atoms with E-state index in [1.165, 1.54) is 6.20 Å². The van der Waals surface area contributed by atoms with Gasteiger partial charge in [0.05, 0.1) is 6.20 Å². The fourth-order valence-electron chi connectivity index (χ4n) is 1.82. The van der Waals surface area contributed by atoms with E-state index >= 15 is 0 Å². The molecule has 2 rings (SSSR count). The second-order valence-corrected chi connectivity index (χ2v) is 6.55. The van der Waals surface area contributed by atoms with Crippen molar-refractivity contribution in [3.05, 3.63) is 12.0 Å². The molecule has 0 radical (unpaired) electrons. The van der Waals surface area contributed by atoms with E-state index < -0.39 is 10.0 Å². The lowest BCUT2D eigenvalue weighted by Crippen LogP contribution is -2.33. The fourth-order valence-corrected chi connectivity index (χ4v) is 3.39. The molecule has 1 aliphatic rings. The first-order valence-corrected chi connectivity index (χ1v) is 7.49. The first-order valence-electron chi connectivity index (χ1n) is 6.05. The lowest BCUT2D eigenvalue weighted by Gasteiger charge is -2.20. The minimum atomic E-state index is -3.38. The molecule has 0 atom stereocenters. The highest BCUT2D eigenvalue weighted by molar-refractivity contribution is 7.89. The zero-order valence-electron chi connectivity index (χ0n) is 10.3. The summed E-state index contributed by atoms with van der Waals surface area (Å²) in [6.45, 7) is 4.98. The highest BCUT2D eigenvalue weighted by atomic mass is 32.2. The highest BCUT2D eigenvalue weighted by Crippen LogP contribution is 2.31. The van der Waals surface area contributed by atoms with Crippen LogP contribution in [0.2, 0.25) is 0 Å². The number of aryl methyl sites for hydroxylation is 1. The van der Waals surface area contributed by atoms with Crippen molar-refractivity contribution in [1.82, 2.24) is 14.3 Å². The molecule has 0 amide bonds. The van der Waals surface area contributed by atoms with E-state index in [4.69, 9.17) is 0 Å². The van der Waals surface area contributed by atoms with Gasteiger partial charge in [0.2, 0.25) is 0 Å². The van der Waals surface area contributed by atoms with Crippen molar-refractivity contribution in [3.63, 3.8) is 0 Å². The molecule has 0 aliphatic heterocycles. The van der Waals surface area contributed by atoms with Crippen LogP contribution in [0.1, 0.15) is 32.0 Å². The molecule has 5 nitrogen and oxygen atoms in total. The van der Waals surface area contributed by atoms with Crippen molar-refractivity contribution in [2.24, 2.45) is 5.92 Å². The van der Waals surface area contributed by atoms with Gasteiger partial charge >= 0.3 is 0 Å². The Bertz CT molecular complexity index is 477. The number of hydrogen-bond acceptors (Lipinski definition) is 3. The minimum Gasteiger partial charge on any atom is -0.332 e. The Morgan fingerprint density at radius 3 is 2.71 bits per heavy atom. The second kappa shape index (κ2) is 4.78. The molecule has 0 spiro atoms. The topological polar surface area (TPSA) is 66.1 Å². The molecule has 1 N–H and O–H groups in total. The number of imidazole rings is 1. The molecule has 0 bridgehead atoms. The molecule has 17 heavy (non-hydrogen) atoms. The lowest BCUT2D eigenvalue weighted by molar-refractivity contribution is 0.394. The van der Waals surface area contributed by atoms with Crippen LogP contribution in [0, 0.1) is 12.8 Å². The van der Waals surface area contributed by atoms with Gasteiger partial charge in [0.25, 0.3) is 10.0 Å². The van der Waals surface area contributed by atoms with E-state index in [0.29, 0.717) is 24.8 Å². The Balaban J connectivity index is 2.20. The van der Waals surface area contributed by atoms with Gasteiger partial charge in [-0.2, -0.15) is 4.31 Å². The number of sulfonamides is 1. The summed E-state index contributed by atoms with van der Waals surface area (Å²) in [6, 6.07) is 0. The van der Waals surface area contributed by atoms with E-state index in [-0.39, 0.29) is 5.03 Å². The van der Waals surface area contributed by atoms with E-state index in [1.807, 2.05) is 6.92 Å². The third-order valence-corrected chi connectivity index (χ3v) is 4.70. The normalized spacial score (nSPS) is 16.6. The summed E-state index contributed by atoms with van der Waals surface area (Å²) in [7, 11) is -3.38. The summed E-state index contributed by atoms with van der Waals surface area (Å²) >= 11 is 0. The van der Waals surface area contributed by atoms with Crippen molar-refractivity contribution in [1.29, 1.82) is 0 Å². The van der Waals surface area contributed by atoms with Crippen LogP contribution < -0.4 is 0 Å². The van der Waals surface area contributed by atoms with Crippen LogP contribution in [0.5, 0.6) is 0 Å². The van der Waals surface area contributed by atoms with Gasteiger partial charge in [0.1, 0.15) is 5.82 Å². The van der Waals surface area contributed by atoms with Gasteiger partial charge < -0.3 is 4.98 Å². The molecule has 1 aromatic rings. The Kier molecular flexibility index (Phi) is 3.53. The third kappa shape index (κ3) is 2.87. The molecule has 0 unspecified atom stereocenters. The van der Waals surface area contributed by atoms with Crippen molar-refractivity contribution in [2.75, 3.05) is 13.1 Å². The van der Waals surface area contributed by atoms with Gasteiger partial charge in [-0.15, -0.1) is 0 Å². The standard InChI is InChI=1S/C11H19N3O2S/c1-3-6-14(8-10-4-5-10)17(15,16)11-7-12-9(2)13-11/h7,10H,3-6,8H2,1-2H3,(H,12,13). The third-order valence-electron chi connectivity index (χ3n) is 2.93. The fraction of sp³-hybridized carbons (Fsp3) is 0.727. The van der Waals surface area contributed by atoms with Crippen LogP contribution >= 0.6 is 0 Å². The molecule has 1 aromatic heterocycles. The number of H-pyrrole nitrogens is 1. The SMILES string of the molecule is CCCN(CC1CC1)S(=O)(=O)c1cnc(C)[nH]1. The highest BCUT2D eigenvalue weighted by Gasteiger charge is 2.31. The number of rotatable bonds is 6. The monoisotopic (exact) mass is 257 g/mol. The van der Waals surface area contributed by atoms with Crippen molar-refractivity contribution in [2.45, 2.75) is 38.1 Å². The molecule has 1 heterocycles. The Labute approximate surface area is 102 Å². The number of nitrogens with zero attached hydrogens (tertiary/aromatic N) is 2. The quantitative estimate of drug-likeness (QED) is 0.840. The van der Waals surface area contributed by atoms with Crippen molar-refractivity contribution >= 4 is 10.0 Å². The van der Waals surface area contributed by atoms with E-state index in [2.05, 4.69) is 9.97 Å². The summed E-state index contributed by atoms with van der Waals surface area (Å²) in [6.07, 6.45) is 4.54. The van der Waals surface area contributed by atoms with Gasteiger partial charge in [0.15, 0.2) is 5.03 Å². The van der Waals surface area contributed by atoms with Gasteiger partial charge in [-0.1, -0.05) is 6.92 Å². The first-order chi connectivity index (χ1) is 8.04. The Morgan fingerprint density at radius 2 is 2.24 bits per heavy atom. The zero-order chi connectivity index (χ0) is 12.5. The number of aromatic amines is 1. The summed E-state index contributed by atoms with van der Waals surface area (Å²) in [5.74, 6) is 1.19. The maximum Gasteiger partial charge on any atom is 0.260 e. The number of nitrogens with one attached hydrogen (secondary N) is 1. The van der Waals surface area contributed by atoms with Crippen LogP contribution in [0.3, 0.4) is 0 Å². The molecule has 6 heteroatoms. The molecule has 1 fully saturated rings. The van der Waals surface area contributed by atoms with Crippen LogP contribution in [-0.4, -0.2) is 35.8 Å². The smallest absolute Gasteiger partial charge is 0.260 e. The van der Waals surface area contributed by atoms with E-state index in [9.17, 15) is 8.42 Å². The molecule has 0 aromatic carbocycles. The summed E-state index contributed by atoms with van der Waals surface area (Å²) < 4.78 is 26.3. The Hall–Kier alpha value is -0.880. The average molecular weight is 257 g/mol. The maximum absolute atomic E-state index is 12.4. The van der Waals surface area contributed by atoms with Crippen molar-refractivity contribution < 1.29 is 8.42 Å². The number of hydrogen-bond donors (Lipinski definition) is 1. The Morgan fingerprint density at radius 1 is 1.53 bits per heavy atom.